The fourth-order valence-electron chi connectivity index (χ4n) is 1.95. The number of aryl methyl sites for hydroxylation is 1. The van der Waals surface area contributed by atoms with Crippen molar-refractivity contribution in [2.75, 3.05) is 6.54 Å². The number of nitrogens with zero attached hydrogens (tertiary/aromatic N) is 1. The fourth-order valence-corrected chi connectivity index (χ4v) is 3.73. The van der Waals surface area contributed by atoms with E-state index in [-0.39, 0.29) is 0 Å². The van der Waals surface area contributed by atoms with Crippen LogP contribution < -0.4 is 10.0 Å². The van der Waals surface area contributed by atoms with Gasteiger partial charge in [0.15, 0.2) is 0 Å². The van der Waals surface area contributed by atoms with Crippen LogP contribution in [-0.2, 0) is 30.2 Å². The predicted molar refractivity (Wildman–Crippen MR) is 85.8 cm³/mol. The van der Waals surface area contributed by atoms with E-state index in [1.54, 1.807) is 23.6 Å². The van der Waals surface area contributed by atoms with E-state index in [4.69, 9.17) is 0 Å². The largest absolute Gasteiger partial charge is 0.352 e. The lowest BCUT2D eigenvalue weighted by molar-refractivity contribution is 0.581. The van der Waals surface area contributed by atoms with Gasteiger partial charge in [-0.25, -0.2) is 13.1 Å². The monoisotopic (exact) mass is 327 g/mol. The second-order valence-corrected chi connectivity index (χ2v) is 7.46. The Kier molecular flexibility index (Phi) is 5.58. The molecular formula is C14H21N3O2S2. The van der Waals surface area contributed by atoms with E-state index in [2.05, 4.69) is 17.0 Å². The van der Waals surface area contributed by atoms with Gasteiger partial charge in [0, 0.05) is 32.0 Å². The standard InChI is InChI=1S/C14H21N3O2S2/c1-3-5-15-9-13-7-14(10-17(13)2)21(18,19)16-8-12-4-6-20-11-12/h4,6-7,10-11,15-16H,3,5,8-9H2,1-2H3. The molecule has 5 nitrogen and oxygen atoms in total. The van der Waals surface area contributed by atoms with Crippen molar-refractivity contribution in [2.24, 2.45) is 7.05 Å². The smallest absolute Gasteiger partial charge is 0.242 e. The Morgan fingerprint density at radius 3 is 2.81 bits per heavy atom. The summed E-state index contributed by atoms with van der Waals surface area (Å²) in [5, 5.41) is 7.15. The highest BCUT2D eigenvalue weighted by atomic mass is 32.2. The van der Waals surface area contributed by atoms with Crippen LogP contribution in [0.25, 0.3) is 0 Å². The van der Waals surface area contributed by atoms with Crippen LogP contribution in [0.5, 0.6) is 0 Å². The third-order valence-electron chi connectivity index (χ3n) is 3.17. The normalized spacial score (nSPS) is 11.9. The molecular weight excluding hydrogens is 306 g/mol. The summed E-state index contributed by atoms with van der Waals surface area (Å²) in [6.07, 6.45) is 2.71. The second-order valence-electron chi connectivity index (χ2n) is 4.91. The molecule has 0 fully saturated rings. The summed E-state index contributed by atoms with van der Waals surface area (Å²) in [5.41, 5.74) is 1.93. The van der Waals surface area contributed by atoms with Gasteiger partial charge in [-0.1, -0.05) is 6.92 Å². The van der Waals surface area contributed by atoms with Crippen LogP contribution in [0.1, 0.15) is 24.6 Å². The number of aromatic nitrogens is 1. The first kappa shape index (κ1) is 16.2. The summed E-state index contributed by atoms with van der Waals surface area (Å²) in [7, 11) is -1.60. The minimum absolute atomic E-state index is 0.313. The molecule has 0 saturated heterocycles. The first-order chi connectivity index (χ1) is 10.0. The topological polar surface area (TPSA) is 63.1 Å². The van der Waals surface area contributed by atoms with Gasteiger partial charge in [0.25, 0.3) is 0 Å². The van der Waals surface area contributed by atoms with Gasteiger partial charge >= 0.3 is 0 Å². The summed E-state index contributed by atoms with van der Waals surface area (Å²) in [5.74, 6) is 0. The van der Waals surface area contributed by atoms with Crippen LogP contribution in [0.15, 0.2) is 34.0 Å². The highest BCUT2D eigenvalue weighted by molar-refractivity contribution is 7.89. The third-order valence-corrected chi connectivity index (χ3v) is 5.27. The molecule has 7 heteroatoms. The Morgan fingerprint density at radius 1 is 1.33 bits per heavy atom. The Hall–Kier alpha value is -1.15. The van der Waals surface area contributed by atoms with E-state index in [0.717, 1.165) is 24.2 Å². The summed E-state index contributed by atoms with van der Waals surface area (Å²) in [4.78, 5) is 0.313. The summed E-state index contributed by atoms with van der Waals surface area (Å²) < 4.78 is 29.0. The molecule has 0 aromatic carbocycles. The first-order valence-electron chi connectivity index (χ1n) is 6.89. The van der Waals surface area contributed by atoms with Gasteiger partial charge in [-0.05, 0) is 41.4 Å². The lowest BCUT2D eigenvalue weighted by Gasteiger charge is -2.03. The highest BCUT2D eigenvalue weighted by Gasteiger charge is 2.17. The van der Waals surface area contributed by atoms with Crippen LogP contribution in [0.3, 0.4) is 0 Å². The zero-order valence-electron chi connectivity index (χ0n) is 12.3. The number of thiophene rings is 1. The van der Waals surface area contributed by atoms with Gasteiger partial charge in [-0.3, -0.25) is 0 Å². The maximum Gasteiger partial charge on any atom is 0.242 e. The zero-order valence-corrected chi connectivity index (χ0v) is 13.9. The van der Waals surface area contributed by atoms with E-state index in [1.807, 2.05) is 28.4 Å². The van der Waals surface area contributed by atoms with Gasteiger partial charge in [0.1, 0.15) is 0 Å². The third kappa shape index (κ3) is 4.41. The molecule has 0 atom stereocenters. The van der Waals surface area contributed by atoms with Crippen molar-refractivity contribution < 1.29 is 8.42 Å². The van der Waals surface area contributed by atoms with E-state index < -0.39 is 10.0 Å². The van der Waals surface area contributed by atoms with Crippen molar-refractivity contribution in [3.8, 4) is 0 Å². The molecule has 116 valence electrons. The second kappa shape index (κ2) is 7.22. The van der Waals surface area contributed by atoms with Crippen LogP contribution in [0.2, 0.25) is 0 Å². The number of rotatable bonds is 8. The molecule has 0 aliphatic rings. The fraction of sp³-hybridized carbons (Fsp3) is 0.429. The quantitative estimate of drug-likeness (QED) is 0.730. The average molecular weight is 327 g/mol. The van der Waals surface area contributed by atoms with Crippen molar-refractivity contribution in [1.29, 1.82) is 0 Å². The van der Waals surface area contributed by atoms with Gasteiger partial charge < -0.3 is 9.88 Å². The summed E-state index contributed by atoms with van der Waals surface area (Å²) >= 11 is 1.56. The maximum absolute atomic E-state index is 12.3. The molecule has 0 spiro atoms. The van der Waals surface area contributed by atoms with E-state index in [0.29, 0.717) is 18.0 Å². The molecule has 0 saturated carbocycles. The van der Waals surface area contributed by atoms with Crippen LogP contribution in [0.4, 0.5) is 0 Å². The highest BCUT2D eigenvalue weighted by Crippen LogP contribution is 2.14. The van der Waals surface area contributed by atoms with Gasteiger partial charge in [0.05, 0.1) is 4.90 Å². The molecule has 0 aliphatic carbocycles. The van der Waals surface area contributed by atoms with Crippen LogP contribution >= 0.6 is 11.3 Å². The van der Waals surface area contributed by atoms with Gasteiger partial charge in [-0.15, -0.1) is 0 Å². The summed E-state index contributed by atoms with van der Waals surface area (Å²) in [6, 6.07) is 3.64. The maximum atomic E-state index is 12.3. The molecule has 21 heavy (non-hydrogen) atoms. The van der Waals surface area contributed by atoms with Crippen molar-refractivity contribution in [3.63, 3.8) is 0 Å². The molecule has 2 rings (SSSR count). The van der Waals surface area contributed by atoms with Crippen molar-refractivity contribution in [1.82, 2.24) is 14.6 Å². The Balaban J connectivity index is 2.04. The molecule has 0 radical (unpaired) electrons. The predicted octanol–water partition coefficient (Wildman–Crippen LogP) is 2.06. The van der Waals surface area contributed by atoms with Crippen LogP contribution in [0, 0.1) is 0 Å². The van der Waals surface area contributed by atoms with Crippen molar-refractivity contribution in [2.45, 2.75) is 31.3 Å². The van der Waals surface area contributed by atoms with Crippen LogP contribution in [-0.4, -0.2) is 19.5 Å². The Bertz CT molecular complexity index is 660. The molecule has 0 unspecified atom stereocenters. The number of hydrogen-bond donors (Lipinski definition) is 2. The summed E-state index contributed by atoms with van der Waals surface area (Å²) in [6.45, 7) is 4.01. The van der Waals surface area contributed by atoms with Gasteiger partial charge in [-0.2, -0.15) is 11.3 Å². The van der Waals surface area contributed by atoms with E-state index in [1.165, 1.54) is 0 Å². The molecule has 2 N–H and O–H groups in total. The SMILES string of the molecule is CCCNCc1cc(S(=O)(=O)NCc2ccsc2)cn1C. The lowest BCUT2D eigenvalue weighted by atomic mass is 10.4. The van der Waals surface area contributed by atoms with Gasteiger partial charge in [0.2, 0.25) is 10.0 Å². The molecule has 2 heterocycles. The molecule has 0 bridgehead atoms. The van der Waals surface area contributed by atoms with E-state index in [9.17, 15) is 8.42 Å². The molecule has 0 aliphatic heterocycles. The number of hydrogen-bond acceptors (Lipinski definition) is 4. The Labute approximate surface area is 130 Å². The molecule has 0 amide bonds. The first-order valence-corrected chi connectivity index (χ1v) is 9.32. The average Bonchev–Trinajstić information content (AvgIpc) is 3.07. The Morgan fingerprint density at radius 2 is 2.14 bits per heavy atom. The lowest BCUT2D eigenvalue weighted by Crippen LogP contribution is -2.22. The molecule has 2 aromatic rings. The number of nitrogens with one attached hydrogen (secondary N) is 2. The van der Waals surface area contributed by atoms with Crippen molar-refractivity contribution in [3.05, 3.63) is 40.3 Å². The minimum Gasteiger partial charge on any atom is -0.352 e. The molecule has 2 aromatic heterocycles. The number of sulfonamides is 1. The zero-order chi connectivity index (χ0) is 15.3. The van der Waals surface area contributed by atoms with E-state index >= 15 is 0 Å². The van der Waals surface area contributed by atoms with Crippen molar-refractivity contribution >= 4 is 21.4 Å². The minimum atomic E-state index is -3.46.